The Labute approximate surface area is 143 Å². The Bertz CT molecular complexity index is 554. The molecule has 132 valence electrons. The maximum atomic E-state index is 12.4. The number of hydrogen-bond acceptors (Lipinski definition) is 6. The highest BCUT2D eigenvalue weighted by Gasteiger charge is 2.19. The van der Waals surface area contributed by atoms with Gasteiger partial charge in [-0.15, -0.1) is 0 Å². The topological polar surface area (TPSA) is 79.4 Å². The van der Waals surface area contributed by atoms with E-state index in [2.05, 4.69) is 25.5 Å². The number of carbonyl (C=O) groups is 1. The molecule has 1 aliphatic heterocycles. The van der Waals surface area contributed by atoms with E-state index in [0.717, 1.165) is 52.2 Å². The number of anilines is 1. The highest BCUT2D eigenvalue weighted by molar-refractivity contribution is 5.93. The summed E-state index contributed by atoms with van der Waals surface area (Å²) in [5, 5.41) is 6.39. The first-order valence-electron chi connectivity index (χ1n) is 8.91. The third-order valence-electron chi connectivity index (χ3n) is 4.60. The van der Waals surface area contributed by atoms with Gasteiger partial charge in [0, 0.05) is 38.3 Å². The van der Waals surface area contributed by atoms with Gasteiger partial charge in [0.2, 0.25) is 0 Å². The van der Waals surface area contributed by atoms with E-state index in [0.29, 0.717) is 23.4 Å². The number of aryl methyl sites for hydroxylation is 1. The molecule has 0 bridgehead atoms. The summed E-state index contributed by atoms with van der Waals surface area (Å²) in [5.41, 5.74) is 0.447. The summed E-state index contributed by atoms with van der Waals surface area (Å²) in [6.07, 6.45) is 4.53. The Kier molecular flexibility index (Phi) is 5.98. The number of rotatable bonds is 6. The average Bonchev–Trinajstić information content (AvgIpc) is 3.08. The molecule has 2 heterocycles. The van der Waals surface area contributed by atoms with E-state index < -0.39 is 0 Å². The van der Waals surface area contributed by atoms with Crippen LogP contribution in [0.4, 0.5) is 5.82 Å². The van der Waals surface area contributed by atoms with Crippen molar-refractivity contribution in [3.05, 3.63) is 17.6 Å². The molecule has 24 heavy (non-hydrogen) atoms. The Morgan fingerprint density at radius 2 is 2.04 bits per heavy atom. The zero-order valence-electron chi connectivity index (χ0n) is 14.4. The molecule has 1 aliphatic carbocycles. The van der Waals surface area contributed by atoms with Gasteiger partial charge in [-0.1, -0.05) is 12.8 Å². The number of carbonyl (C=O) groups excluding carboxylic acids is 1. The molecule has 1 aromatic heterocycles. The van der Waals surface area contributed by atoms with Crippen molar-refractivity contribution >= 4 is 11.7 Å². The van der Waals surface area contributed by atoms with Crippen molar-refractivity contribution in [2.24, 2.45) is 0 Å². The van der Waals surface area contributed by atoms with Gasteiger partial charge < -0.3 is 15.4 Å². The van der Waals surface area contributed by atoms with Crippen molar-refractivity contribution in [2.45, 2.75) is 38.6 Å². The van der Waals surface area contributed by atoms with Crippen LogP contribution in [0.2, 0.25) is 0 Å². The lowest BCUT2D eigenvalue weighted by molar-refractivity contribution is 0.0398. The van der Waals surface area contributed by atoms with E-state index in [1.54, 1.807) is 6.07 Å². The Morgan fingerprint density at radius 3 is 2.79 bits per heavy atom. The second-order valence-electron chi connectivity index (χ2n) is 6.52. The first kappa shape index (κ1) is 17.1. The van der Waals surface area contributed by atoms with Gasteiger partial charge in [0.1, 0.15) is 17.3 Å². The molecule has 0 atom stereocenters. The molecule has 1 saturated carbocycles. The van der Waals surface area contributed by atoms with Crippen molar-refractivity contribution in [3.8, 4) is 0 Å². The lowest BCUT2D eigenvalue weighted by Gasteiger charge is -2.26. The summed E-state index contributed by atoms with van der Waals surface area (Å²) in [7, 11) is 0. The minimum Gasteiger partial charge on any atom is -0.379 e. The van der Waals surface area contributed by atoms with Gasteiger partial charge in [0.25, 0.3) is 5.91 Å². The molecule has 1 aromatic rings. The van der Waals surface area contributed by atoms with E-state index in [4.69, 9.17) is 4.74 Å². The number of morpholine rings is 1. The summed E-state index contributed by atoms with van der Waals surface area (Å²) in [5.74, 6) is 1.24. The van der Waals surface area contributed by atoms with Gasteiger partial charge in [0.15, 0.2) is 0 Å². The molecular weight excluding hydrogens is 306 g/mol. The number of hydrogen-bond donors (Lipinski definition) is 2. The predicted octanol–water partition coefficient (Wildman–Crippen LogP) is 1.20. The van der Waals surface area contributed by atoms with Gasteiger partial charge >= 0.3 is 0 Å². The van der Waals surface area contributed by atoms with Crippen LogP contribution in [0.5, 0.6) is 0 Å². The molecule has 0 spiro atoms. The quantitative estimate of drug-likeness (QED) is 0.814. The maximum absolute atomic E-state index is 12.4. The Morgan fingerprint density at radius 1 is 1.29 bits per heavy atom. The molecule has 7 nitrogen and oxygen atoms in total. The van der Waals surface area contributed by atoms with Crippen LogP contribution < -0.4 is 10.6 Å². The van der Waals surface area contributed by atoms with Gasteiger partial charge in [-0.25, -0.2) is 9.97 Å². The molecule has 0 aromatic carbocycles. The van der Waals surface area contributed by atoms with E-state index in [1.807, 2.05) is 6.92 Å². The van der Waals surface area contributed by atoms with E-state index >= 15 is 0 Å². The molecule has 1 amide bonds. The van der Waals surface area contributed by atoms with E-state index in [9.17, 15) is 4.79 Å². The van der Waals surface area contributed by atoms with Gasteiger partial charge in [-0.2, -0.15) is 0 Å². The van der Waals surface area contributed by atoms with E-state index in [-0.39, 0.29) is 5.91 Å². The lowest BCUT2D eigenvalue weighted by atomic mass is 10.2. The largest absolute Gasteiger partial charge is 0.379 e. The van der Waals surface area contributed by atoms with Crippen molar-refractivity contribution < 1.29 is 9.53 Å². The van der Waals surface area contributed by atoms with Crippen LogP contribution in [0.3, 0.4) is 0 Å². The maximum Gasteiger partial charge on any atom is 0.270 e. The summed E-state index contributed by atoms with van der Waals surface area (Å²) >= 11 is 0. The number of ether oxygens (including phenoxy) is 1. The third kappa shape index (κ3) is 4.88. The fourth-order valence-corrected chi connectivity index (χ4v) is 3.27. The SMILES string of the molecule is Cc1nc(NCCN2CCOCC2)cc(C(=O)NC2CCCC2)n1. The predicted molar refractivity (Wildman–Crippen MR) is 92.2 cm³/mol. The average molecular weight is 333 g/mol. The molecule has 3 rings (SSSR count). The first-order chi connectivity index (χ1) is 11.7. The van der Waals surface area contributed by atoms with Crippen LogP contribution in [0.1, 0.15) is 42.0 Å². The van der Waals surface area contributed by atoms with Crippen LogP contribution in [-0.2, 0) is 4.74 Å². The lowest BCUT2D eigenvalue weighted by Crippen LogP contribution is -2.39. The highest BCUT2D eigenvalue weighted by Crippen LogP contribution is 2.18. The molecule has 2 N–H and O–H groups in total. The van der Waals surface area contributed by atoms with Crippen LogP contribution in [0.25, 0.3) is 0 Å². The first-order valence-corrected chi connectivity index (χ1v) is 8.91. The molecule has 0 radical (unpaired) electrons. The molecule has 0 unspecified atom stereocenters. The number of aromatic nitrogens is 2. The van der Waals surface area contributed by atoms with Crippen molar-refractivity contribution in [1.82, 2.24) is 20.2 Å². The smallest absolute Gasteiger partial charge is 0.270 e. The summed E-state index contributed by atoms with van der Waals surface area (Å²) in [6, 6.07) is 2.04. The molecular formula is C17H27N5O2. The molecule has 2 fully saturated rings. The fourth-order valence-electron chi connectivity index (χ4n) is 3.27. The van der Waals surface area contributed by atoms with Crippen LogP contribution >= 0.6 is 0 Å². The van der Waals surface area contributed by atoms with Crippen molar-refractivity contribution in [1.29, 1.82) is 0 Å². The molecule has 7 heteroatoms. The minimum atomic E-state index is -0.0939. The van der Waals surface area contributed by atoms with Gasteiger partial charge in [-0.05, 0) is 19.8 Å². The third-order valence-corrected chi connectivity index (χ3v) is 4.60. The van der Waals surface area contributed by atoms with Gasteiger partial charge in [0.05, 0.1) is 13.2 Å². The van der Waals surface area contributed by atoms with Crippen molar-refractivity contribution in [3.63, 3.8) is 0 Å². The summed E-state index contributed by atoms with van der Waals surface area (Å²) in [6.45, 7) is 7.10. The Balaban J connectivity index is 1.53. The molecule has 1 saturated heterocycles. The number of nitrogens with zero attached hydrogens (tertiary/aromatic N) is 3. The normalized spacial score (nSPS) is 19.4. The molecule has 2 aliphatic rings. The van der Waals surface area contributed by atoms with E-state index in [1.165, 1.54) is 12.8 Å². The second-order valence-corrected chi connectivity index (χ2v) is 6.52. The Hall–Kier alpha value is -1.73. The van der Waals surface area contributed by atoms with Crippen LogP contribution in [0, 0.1) is 6.92 Å². The minimum absolute atomic E-state index is 0.0939. The van der Waals surface area contributed by atoms with Crippen LogP contribution in [0.15, 0.2) is 6.07 Å². The number of amides is 1. The second kappa shape index (κ2) is 8.39. The van der Waals surface area contributed by atoms with Crippen molar-refractivity contribution in [2.75, 3.05) is 44.7 Å². The van der Waals surface area contributed by atoms with Gasteiger partial charge in [-0.3, -0.25) is 9.69 Å². The monoisotopic (exact) mass is 333 g/mol. The number of nitrogens with one attached hydrogen (secondary N) is 2. The standard InChI is InChI=1S/C17H27N5O2/c1-13-19-15(17(23)21-14-4-2-3-5-14)12-16(20-13)18-6-7-22-8-10-24-11-9-22/h12,14H,2-11H2,1H3,(H,21,23)(H,18,19,20). The summed E-state index contributed by atoms with van der Waals surface area (Å²) < 4.78 is 5.35. The summed E-state index contributed by atoms with van der Waals surface area (Å²) in [4.78, 5) is 23.4. The highest BCUT2D eigenvalue weighted by atomic mass is 16.5. The van der Waals surface area contributed by atoms with Crippen LogP contribution in [-0.4, -0.2) is 66.2 Å². The zero-order chi connectivity index (χ0) is 16.8. The zero-order valence-corrected chi connectivity index (χ0v) is 14.4. The fraction of sp³-hybridized carbons (Fsp3) is 0.706.